The Bertz CT molecular complexity index is 726. The average molecular weight is 415 g/mol. The lowest BCUT2D eigenvalue weighted by molar-refractivity contribution is -0.121. The lowest BCUT2D eigenvalue weighted by Gasteiger charge is -2.14. The molecule has 1 atom stereocenters. The average Bonchev–Trinajstić information content (AvgIpc) is 2.83. The van der Waals surface area contributed by atoms with Gasteiger partial charge in [-0.1, -0.05) is 38.1 Å². The van der Waals surface area contributed by atoms with E-state index in [1.807, 2.05) is 25.6 Å². The summed E-state index contributed by atoms with van der Waals surface area (Å²) in [5.41, 5.74) is 11.8. The second-order valence-corrected chi connectivity index (χ2v) is 7.00. The van der Waals surface area contributed by atoms with E-state index in [0.29, 0.717) is 25.3 Å². The van der Waals surface area contributed by atoms with Crippen LogP contribution in [0.3, 0.4) is 0 Å². The smallest absolute Gasteiger partial charge is 0.220 e. The van der Waals surface area contributed by atoms with Crippen molar-refractivity contribution in [1.82, 2.24) is 15.1 Å². The molecule has 2 rings (SSSR count). The molecule has 152 valence electrons. The highest BCUT2D eigenvalue weighted by atomic mass is 35.5. The maximum Gasteiger partial charge on any atom is 0.220 e. The molecule has 27 heavy (non-hydrogen) atoms. The van der Waals surface area contributed by atoms with Crippen LogP contribution < -0.4 is 11.1 Å². The summed E-state index contributed by atoms with van der Waals surface area (Å²) in [7, 11) is 1.93. The molecule has 0 saturated heterocycles. The molecule has 7 heteroatoms. The van der Waals surface area contributed by atoms with E-state index in [4.69, 9.17) is 5.73 Å². The fourth-order valence-electron chi connectivity index (χ4n) is 2.98. The van der Waals surface area contributed by atoms with Gasteiger partial charge in [-0.2, -0.15) is 5.10 Å². The Morgan fingerprint density at radius 2 is 1.70 bits per heavy atom. The van der Waals surface area contributed by atoms with E-state index in [0.717, 1.165) is 22.5 Å². The van der Waals surface area contributed by atoms with Crippen LogP contribution in [-0.4, -0.2) is 22.2 Å². The van der Waals surface area contributed by atoms with Gasteiger partial charge in [0.15, 0.2) is 0 Å². The number of carbonyl (C=O) groups excluding carboxylic acids is 1. The van der Waals surface area contributed by atoms with Crippen LogP contribution in [0.5, 0.6) is 0 Å². The molecule has 0 fully saturated rings. The van der Waals surface area contributed by atoms with Gasteiger partial charge < -0.3 is 11.1 Å². The van der Waals surface area contributed by atoms with Crippen molar-refractivity contribution in [3.05, 3.63) is 52.3 Å². The summed E-state index contributed by atoms with van der Waals surface area (Å²) in [6.45, 7) is 8.80. The summed E-state index contributed by atoms with van der Waals surface area (Å²) >= 11 is 0. The molecule has 5 nitrogen and oxygen atoms in total. The predicted molar refractivity (Wildman–Crippen MR) is 116 cm³/mol. The lowest BCUT2D eigenvalue weighted by atomic mass is 9.99. The number of aromatic nitrogens is 2. The van der Waals surface area contributed by atoms with Gasteiger partial charge in [-0.3, -0.25) is 9.48 Å². The molecule has 0 saturated carbocycles. The molecule has 0 bridgehead atoms. The molecule has 0 aliphatic rings. The second kappa shape index (κ2) is 11.3. The highest BCUT2D eigenvalue weighted by molar-refractivity contribution is 5.85. The van der Waals surface area contributed by atoms with E-state index in [-0.39, 0.29) is 36.8 Å². The van der Waals surface area contributed by atoms with Gasteiger partial charge >= 0.3 is 0 Å². The number of amides is 1. The van der Waals surface area contributed by atoms with Crippen molar-refractivity contribution in [2.24, 2.45) is 12.8 Å². The molecule has 1 heterocycles. The summed E-state index contributed by atoms with van der Waals surface area (Å²) in [5, 5.41) is 7.33. The van der Waals surface area contributed by atoms with Crippen LogP contribution in [0.1, 0.15) is 60.3 Å². The molecule has 0 radical (unpaired) electrons. The Kier molecular flexibility index (Phi) is 10.7. The van der Waals surface area contributed by atoms with Crippen LogP contribution in [0.25, 0.3) is 0 Å². The molecule has 1 unspecified atom stereocenters. The number of nitrogens with zero attached hydrogens (tertiary/aromatic N) is 2. The number of hydrogen-bond donors (Lipinski definition) is 2. The molecule has 0 spiro atoms. The number of nitrogens with two attached hydrogens (primary N) is 1. The maximum absolute atomic E-state index is 12.1. The van der Waals surface area contributed by atoms with Gasteiger partial charge in [0.25, 0.3) is 0 Å². The first-order valence-electron chi connectivity index (χ1n) is 8.90. The van der Waals surface area contributed by atoms with Gasteiger partial charge in [0, 0.05) is 31.7 Å². The minimum atomic E-state index is -0.188. The minimum absolute atomic E-state index is 0. The van der Waals surface area contributed by atoms with Crippen molar-refractivity contribution in [2.75, 3.05) is 6.54 Å². The number of rotatable bonds is 7. The fourth-order valence-corrected chi connectivity index (χ4v) is 2.98. The number of aryl methyl sites for hydroxylation is 2. The fraction of sp³-hybridized carbons (Fsp3) is 0.500. The van der Waals surface area contributed by atoms with Crippen LogP contribution in [0.4, 0.5) is 0 Å². The normalized spacial score (nSPS) is 11.5. The van der Waals surface area contributed by atoms with Crippen molar-refractivity contribution < 1.29 is 4.79 Å². The van der Waals surface area contributed by atoms with Crippen LogP contribution in [0.2, 0.25) is 0 Å². The highest BCUT2D eigenvalue weighted by Crippen LogP contribution is 2.17. The van der Waals surface area contributed by atoms with Crippen molar-refractivity contribution >= 4 is 30.7 Å². The number of carbonyl (C=O) groups is 1. The molecule has 0 aliphatic heterocycles. The third-order valence-corrected chi connectivity index (χ3v) is 4.81. The minimum Gasteiger partial charge on any atom is -0.354 e. The van der Waals surface area contributed by atoms with E-state index in [1.54, 1.807) is 0 Å². The molecular weight excluding hydrogens is 383 g/mol. The first kappa shape index (κ1) is 25.4. The van der Waals surface area contributed by atoms with Crippen molar-refractivity contribution in [3.8, 4) is 0 Å². The predicted octanol–water partition coefficient (Wildman–Crippen LogP) is 3.75. The molecule has 0 aliphatic carbocycles. The van der Waals surface area contributed by atoms with Gasteiger partial charge in [0.05, 0.1) is 5.69 Å². The SMILES string of the molecule is Cc1nn(C)c(C)c1CCC(=O)NCC(N)c1ccc(C(C)C)cc1.Cl.Cl. The first-order chi connectivity index (χ1) is 11.8. The summed E-state index contributed by atoms with van der Waals surface area (Å²) in [5.74, 6) is 0.529. The third-order valence-electron chi connectivity index (χ3n) is 4.81. The Morgan fingerprint density at radius 3 is 2.19 bits per heavy atom. The van der Waals surface area contributed by atoms with E-state index >= 15 is 0 Å². The quantitative estimate of drug-likeness (QED) is 0.724. The van der Waals surface area contributed by atoms with Crippen molar-refractivity contribution in [3.63, 3.8) is 0 Å². The van der Waals surface area contributed by atoms with E-state index in [2.05, 4.69) is 48.5 Å². The first-order valence-corrected chi connectivity index (χ1v) is 8.90. The second-order valence-electron chi connectivity index (χ2n) is 7.00. The molecule has 1 amide bonds. The third kappa shape index (κ3) is 6.83. The Balaban J connectivity index is 0.00000338. The van der Waals surface area contributed by atoms with Crippen LogP contribution in [0, 0.1) is 13.8 Å². The van der Waals surface area contributed by atoms with E-state index in [1.165, 1.54) is 5.56 Å². The lowest BCUT2D eigenvalue weighted by Crippen LogP contribution is -2.32. The number of benzene rings is 1. The monoisotopic (exact) mass is 414 g/mol. The summed E-state index contributed by atoms with van der Waals surface area (Å²) in [6.07, 6.45) is 1.15. The van der Waals surface area contributed by atoms with Gasteiger partial charge in [-0.15, -0.1) is 24.8 Å². The van der Waals surface area contributed by atoms with Crippen molar-refractivity contribution in [1.29, 1.82) is 0 Å². The van der Waals surface area contributed by atoms with E-state index in [9.17, 15) is 4.79 Å². The Hall–Kier alpha value is -1.56. The highest BCUT2D eigenvalue weighted by Gasteiger charge is 2.13. The van der Waals surface area contributed by atoms with Gasteiger partial charge in [-0.05, 0) is 42.9 Å². The summed E-state index contributed by atoms with van der Waals surface area (Å²) in [6, 6.07) is 8.13. The Morgan fingerprint density at radius 1 is 1.15 bits per heavy atom. The largest absolute Gasteiger partial charge is 0.354 e. The zero-order chi connectivity index (χ0) is 18.6. The van der Waals surface area contributed by atoms with Crippen LogP contribution in [-0.2, 0) is 18.3 Å². The number of hydrogen-bond acceptors (Lipinski definition) is 3. The molecular formula is C20H32Cl2N4O. The van der Waals surface area contributed by atoms with Crippen molar-refractivity contribution in [2.45, 2.75) is 52.5 Å². The van der Waals surface area contributed by atoms with Crippen LogP contribution in [0.15, 0.2) is 24.3 Å². The van der Waals surface area contributed by atoms with Crippen LogP contribution >= 0.6 is 24.8 Å². The van der Waals surface area contributed by atoms with Gasteiger partial charge in [0.2, 0.25) is 5.91 Å². The molecule has 2 aromatic rings. The molecule has 1 aromatic carbocycles. The number of nitrogens with one attached hydrogen (secondary N) is 1. The summed E-state index contributed by atoms with van der Waals surface area (Å²) in [4.78, 5) is 12.1. The topological polar surface area (TPSA) is 72.9 Å². The standard InChI is InChI=1S/C20H30N4O.2ClH/c1-13(2)16-6-8-17(9-7-16)19(21)12-22-20(25)11-10-18-14(3)23-24(5)15(18)4;;/h6-9,13,19H,10-12,21H2,1-5H3,(H,22,25);2*1H. The zero-order valence-corrected chi connectivity index (χ0v) is 18.4. The zero-order valence-electron chi connectivity index (χ0n) is 16.8. The van der Waals surface area contributed by atoms with Gasteiger partial charge in [0.1, 0.15) is 0 Å². The number of halogens is 2. The van der Waals surface area contributed by atoms with E-state index < -0.39 is 0 Å². The maximum atomic E-state index is 12.1. The molecule has 1 aromatic heterocycles. The molecule has 3 N–H and O–H groups in total. The summed E-state index contributed by atoms with van der Waals surface area (Å²) < 4.78 is 1.86. The van der Waals surface area contributed by atoms with Gasteiger partial charge in [-0.25, -0.2) is 0 Å². The Labute approximate surface area is 174 Å².